The number of esters is 1. The number of carbonyl (C=O) groups excluding carboxylic acids is 1. The number of nitrogens with one attached hydrogen (secondary N) is 2. The number of aromatic amines is 1. The number of benzene rings is 2. The summed E-state index contributed by atoms with van der Waals surface area (Å²) >= 11 is 12.5. The van der Waals surface area contributed by atoms with Crippen LogP contribution in [0.15, 0.2) is 47.3 Å². The maximum Gasteiger partial charge on any atom is 0.330 e. The molecule has 0 aliphatic carbocycles. The number of hydrogen-bond acceptors (Lipinski definition) is 5. The van der Waals surface area contributed by atoms with Gasteiger partial charge in [-0.1, -0.05) is 35.3 Å². The Balaban J connectivity index is 1.85. The van der Waals surface area contributed by atoms with E-state index in [2.05, 4.69) is 20.0 Å². The second-order valence-electron chi connectivity index (χ2n) is 6.52. The van der Waals surface area contributed by atoms with Crippen molar-refractivity contribution in [1.29, 1.82) is 0 Å². The van der Waals surface area contributed by atoms with Crippen LogP contribution >= 0.6 is 23.2 Å². The highest BCUT2D eigenvalue weighted by atomic mass is 35.5. The number of ether oxygens (including phenoxy) is 1. The van der Waals surface area contributed by atoms with Crippen LogP contribution in [0.1, 0.15) is 5.69 Å². The molecule has 30 heavy (non-hydrogen) atoms. The monoisotopic (exact) mass is 442 g/mol. The van der Waals surface area contributed by atoms with E-state index in [-0.39, 0.29) is 5.56 Å². The average Bonchev–Trinajstić information content (AvgIpc) is 3.04. The van der Waals surface area contributed by atoms with Crippen molar-refractivity contribution >= 4 is 68.7 Å². The van der Waals surface area contributed by atoms with Crippen LogP contribution < -0.4 is 10.9 Å². The van der Waals surface area contributed by atoms with Crippen molar-refractivity contribution in [3.8, 4) is 0 Å². The standard InChI is InChI=1S/C21H16Cl2N4O3/c1-27-19-15(25-21(27)26-18-13(22)4-3-5-14(18)23)8-6-11-10-12(7-9-16(28)30-2)24-20(29)17(11)19/h3-10H,1-2H3,(H,24,29)(H,25,26)/b9-7+. The Hall–Kier alpha value is -3.29. The third kappa shape index (κ3) is 3.53. The summed E-state index contributed by atoms with van der Waals surface area (Å²) in [5.41, 5.74) is 2.02. The zero-order valence-corrected chi connectivity index (χ0v) is 17.5. The van der Waals surface area contributed by atoms with Gasteiger partial charge in [0.05, 0.1) is 39.3 Å². The Morgan fingerprint density at radius 1 is 1.23 bits per heavy atom. The van der Waals surface area contributed by atoms with Gasteiger partial charge >= 0.3 is 5.97 Å². The summed E-state index contributed by atoms with van der Waals surface area (Å²) < 4.78 is 6.35. The number of carbonyl (C=O) groups is 1. The zero-order valence-electron chi connectivity index (χ0n) is 16.0. The molecule has 152 valence electrons. The Morgan fingerprint density at radius 2 is 1.97 bits per heavy atom. The molecule has 0 amide bonds. The molecule has 2 aromatic carbocycles. The molecule has 0 saturated heterocycles. The van der Waals surface area contributed by atoms with Crippen LogP contribution in [0.5, 0.6) is 0 Å². The molecule has 0 saturated carbocycles. The Labute approximate surface area is 180 Å². The van der Waals surface area contributed by atoms with E-state index >= 15 is 0 Å². The second kappa shape index (κ2) is 7.85. The van der Waals surface area contributed by atoms with Crippen molar-refractivity contribution in [3.05, 3.63) is 68.6 Å². The molecule has 4 aromatic rings. The highest BCUT2D eigenvalue weighted by Gasteiger charge is 2.16. The Kier molecular flexibility index (Phi) is 5.24. The maximum absolute atomic E-state index is 12.8. The van der Waals surface area contributed by atoms with Crippen molar-refractivity contribution in [1.82, 2.24) is 14.5 Å². The summed E-state index contributed by atoms with van der Waals surface area (Å²) in [6.45, 7) is 0. The van der Waals surface area contributed by atoms with Crippen LogP contribution in [0.4, 0.5) is 11.6 Å². The third-order valence-corrected chi connectivity index (χ3v) is 5.29. The van der Waals surface area contributed by atoms with Crippen LogP contribution in [-0.2, 0) is 16.6 Å². The molecule has 0 unspecified atom stereocenters. The van der Waals surface area contributed by atoms with Gasteiger partial charge in [-0.2, -0.15) is 0 Å². The van der Waals surface area contributed by atoms with Crippen molar-refractivity contribution in [2.45, 2.75) is 0 Å². The highest BCUT2D eigenvalue weighted by molar-refractivity contribution is 6.39. The molecule has 0 radical (unpaired) electrons. The average molecular weight is 443 g/mol. The molecule has 7 nitrogen and oxygen atoms in total. The minimum absolute atomic E-state index is 0.298. The van der Waals surface area contributed by atoms with Gasteiger partial charge < -0.3 is 19.6 Å². The van der Waals surface area contributed by atoms with E-state index in [1.54, 1.807) is 35.9 Å². The SMILES string of the molecule is COC(=O)/C=C/c1cc2ccc3nc(Nc4c(Cl)cccc4Cl)n(C)c3c2c(=O)[nH]1. The van der Waals surface area contributed by atoms with Crippen molar-refractivity contribution in [2.24, 2.45) is 7.05 Å². The van der Waals surface area contributed by atoms with Gasteiger partial charge in [0.25, 0.3) is 5.56 Å². The van der Waals surface area contributed by atoms with Crippen molar-refractivity contribution in [3.63, 3.8) is 0 Å². The first-order valence-electron chi connectivity index (χ1n) is 8.88. The molecule has 2 N–H and O–H groups in total. The number of H-pyrrole nitrogens is 1. The number of nitrogens with zero attached hydrogens (tertiary/aromatic N) is 2. The molecule has 0 bridgehead atoms. The van der Waals surface area contributed by atoms with Crippen LogP contribution in [0.2, 0.25) is 10.0 Å². The van der Waals surface area contributed by atoms with E-state index < -0.39 is 5.97 Å². The summed E-state index contributed by atoms with van der Waals surface area (Å²) in [6, 6.07) is 10.6. The smallest absolute Gasteiger partial charge is 0.330 e. The molecule has 0 aliphatic rings. The van der Waals surface area contributed by atoms with Gasteiger partial charge in [0, 0.05) is 18.8 Å². The summed E-state index contributed by atoms with van der Waals surface area (Å²) in [7, 11) is 3.09. The largest absolute Gasteiger partial charge is 0.466 e. The number of aromatic nitrogens is 3. The molecule has 2 heterocycles. The lowest BCUT2D eigenvalue weighted by atomic mass is 10.1. The predicted octanol–water partition coefficient (Wildman–Crippen LogP) is 4.65. The predicted molar refractivity (Wildman–Crippen MR) is 120 cm³/mol. The molecular formula is C21H16Cl2N4O3. The summed E-state index contributed by atoms with van der Waals surface area (Å²) in [4.78, 5) is 31.5. The third-order valence-electron chi connectivity index (χ3n) is 4.66. The van der Waals surface area contributed by atoms with Gasteiger partial charge in [-0.25, -0.2) is 9.78 Å². The first kappa shape index (κ1) is 20.0. The van der Waals surface area contributed by atoms with E-state index in [9.17, 15) is 9.59 Å². The Morgan fingerprint density at radius 3 is 2.67 bits per heavy atom. The van der Waals surface area contributed by atoms with Gasteiger partial charge in [0.1, 0.15) is 0 Å². The van der Waals surface area contributed by atoms with Gasteiger partial charge in [-0.3, -0.25) is 4.79 Å². The zero-order chi connectivity index (χ0) is 21.4. The van der Waals surface area contributed by atoms with Crippen molar-refractivity contribution in [2.75, 3.05) is 12.4 Å². The topological polar surface area (TPSA) is 89.0 Å². The highest BCUT2D eigenvalue weighted by Crippen LogP contribution is 2.34. The minimum Gasteiger partial charge on any atom is -0.466 e. The number of methoxy groups -OCH3 is 1. The lowest BCUT2D eigenvalue weighted by Crippen LogP contribution is -2.09. The number of pyridine rings is 1. The molecule has 0 spiro atoms. The number of anilines is 2. The fourth-order valence-electron chi connectivity index (χ4n) is 3.23. The molecule has 4 rings (SSSR count). The fraction of sp³-hybridized carbons (Fsp3) is 0.0952. The first-order valence-corrected chi connectivity index (χ1v) is 9.64. The molecule has 0 aliphatic heterocycles. The first-order chi connectivity index (χ1) is 14.4. The lowest BCUT2D eigenvalue weighted by Gasteiger charge is -2.10. The number of fused-ring (bicyclic) bond motifs is 3. The fourth-order valence-corrected chi connectivity index (χ4v) is 3.73. The molecule has 0 atom stereocenters. The lowest BCUT2D eigenvalue weighted by molar-refractivity contribution is -0.134. The van der Waals surface area contributed by atoms with Gasteiger partial charge in [-0.15, -0.1) is 0 Å². The van der Waals surface area contributed by atoms with Gasteiger partial charge in [0.2, 0.25) is 5.95 Å². The molecule has 9 heteroatoms. The number of aryl methyl sites for hydroxylation is 1. The summed E-state index contributed by atoms with van der Waals surface area (Å²) in [5.74, 6) is -0.0199. The van der Waals surface area contributed by atoms with E-state index in [0.29, 0.717) is 49.2 Å². The van der Waals surface area contributed by atoms with E-state index in [1.807, 2.05) is 12.1 Å². The van der Waals surface area contributed by atoms with E-state index in [0.717, 1.165) is 0 Å². The van der Waals surface area contributed by atoms with Crippen LogP contribution in [0.3, 0.4) is 0 Å². The van der Waals surface area contributed by atoms with Crippen LogP contribution in [-0.4, -0.2) is 27.6 Å². The normalized spacial score (nSPS) is 11.5. The summed E-state index contributed by atoms with van der Waals surface area (Å²) in [6.07, 6.45) is 2.74. The molecular weight excluding hydrogens is 427 g/mol. The number of para-hydroxylation sites is 1. The van der Waals surface area contributed by atoms with E-state index in [1.165, 1.54) is 19.3 Å². The quantitative estimate of drug-likeness (QED) is 0.354. The summed E-state index contributed by atoms with van der Waals surface area (Å²) in [5, 5.41) is 5.25. The second-order valence-corrected chi connectivity index (χ2v) is 7.34. The van der Waals surface area contributed by atoms with Crippen molar-refractivity contribution < 1.29 is 9.53 Å². The minimum atomic E-state index is -0.507. The van der Waals surface area contributed by atoms with Gasteiger partial charge in [0.15, 0.2) is 0 Å². The molecule has 2 aromatic heterocycles. The maximum atomic E-state index is 12.8. The van der Waals surface area contributed by atoms with Crippen LogP contribution in [0.25, 0.3) is 27.9 Å². The molecule has 0 fully saturated rings. The van der Waals surface area contributed by atoms with Gasteiger partial charge in [-0.05, 0) is 35.7 Å². The van der Waals surface area contributed by atoms with Crippen LogP contribution in [0, 0.1) is 0 Å². The van der Waals surface area contributed by atoms with E-state index in [4.69, 9.17) is 23.2 Å². The number of hydrogen-bond donors (Lipinski definition) is 2. The number of halogens is 2. The Bertz CT molecular complexity index is 1370. The number of imidazole rings is 1. The number of rotatable bonds is 4.